The highest BCUT2D eigenvalue weighted by Crippen LogP contribution is 2.37. The number of benzene rings is 2. The van der Waals surface area contributed by atoms with Crippen LogP contribution in [0.2, 0.25) is 5.02 Å². The van der Waals surface area contributed by atoms with Crippen molar-refractivity contribution in [2.45, 2.75) is 43.1 Å². The lowest BCUT2D eigenvalue weighted by atomic mass is 10.0. The van der Waals surface area contributed by atoms with Gasteiger partial charge in [0, 0.05) is 22.5 Å². The van der Waals surface area contributed by atoms with Gasteiger partial charge in [-0.3, -0.25) is 4.79 Å². The first-order chi connectivity index (χ1) is 19.1. The zero-order chi connectivity index (χ0) is 28.9. The molecule has 210 valence electrons. The number of carbonyl (C=O) groups is 2. The third-order valence-electron chi connectivity index (χ3n) is 5.82. The summed E-state index contributed by atoms with van der Waals surface area (Å²) >= 11 is 8.36. The van der Waals surface area contributed by atoms with Gasteiger partial charge in [0.1, 0.15) is 22.1 Å². The molecule has 9 nitrogen and oxygen atoms in total. The molecule has 13 heteroatoms. The summed E-state index contributed by atoms with van der Waals surface area (Å²) in [5.41, 5.74) is 2.63. The van der Waals surface area contributed by atoms with Crippen molar-refractivity contribution in [3.05, 3.63) is 75.9 Å². The minimum atomic E-state index is -3.62. The first-order valence-electron chi connectivity index (χ1n) is 12.3. The number of rotatable bonds is 11. The minimum absolute atomic E-state index is 0.0285. The maximum absolute atomic E-state index is 12.9. The van der Waals surface area contributed by atoms with E-state index < -0.39 is 15.8 Å². The fraction of sp³-hybridized carbons (Fsp3) is 0.259. The molecule has 2 heterocycles. The van der Waals surface area contributed by atoms with Crippen LogP contribution in [0.25, 0.3) is 11.1 Å². The number of anilines is 1. The first-order valence-corrected chi connectivity index (χ1v) is 16.2. The summed E-state index contributed by atoms with van der Waals surface area (Å²) in [5, 5.41) is 14.2. The number of thioether (sulfide) groups is 1. The van der Waals surface area contributed by atoms with E-state index >= 15 is 0 Å². The van der Waals surface area contributed by atoms with Gasteiger partial charge in [-0.1, -0.05) is 53.2 Å². The van der Waals surface area contributed by atoms with Gasteiger partial charge in [-0.25, -0.2) is 13.2 Å². The van der Waals surface area contributed by atoms with E-state index in [-0.39, 0.29) is 34.5 Å². The van der Waals surface area contributed by atoms with Crippen LogP contribution in [0.4, 0.5) is 5.00 Å². The Bertz CT molecular complexity index is 1610. The number of thiophene rings is 1. The summed E-state index contributed by atoms with van der Waals surface area (Å²) in [6, 6.07) is 13.7. The molecule has 1 N–H and O–H groups in total. The summed E-state index contributed by atoms with van der Waals surface area (Å²) in [4.78, 5) is 25.9. The van der Waals surface area contributed by atoms with Gasteiger partial charge in [-0.05, 0) is 50.6 Å². The number of amides is 1. The monoisotopic (exact) mass is 618 g/mol. The highest BCUT2D eigenvalue weighted by atomic mass is 35.5. The molecule has 0 spiro atoms. The van der Waals surface area contributed by atoms with E-state index in [1.165, 1.54) is 11.3 Å². The summed E-state index contributed by atoms with van der Waals surface area (Å²) in [6.07, 6.45) is 0. The maximum atomic E-state index is 12.9. The molecule has 0 atom stereocenters. The Hall–Kier alpha value is -3.19. The van der Waals surface area contributed by atoms with Crippen molar-refractivity contribution >= 4 is 61.4 Å². The quantitative estimate of drug-likeness (QED) is 0.164. The van der Waals surface area contributed by atoms with Crippen molar-refractivity contribution in [1.29, 1.82) is 0 Å². The molecule has 2 aromatic heterocycles. The molecular formula is C27H27ClN4O5S3. The third-order valence-corrected chi connectivity index (χ3v) is 9.56. The van der Waals surface area contributed by atoms with Crippen LogP contribution < -0.4 is 5.32 Å². The maximum Gasteiger partial charge on any atom is 0.341 e. The predicted octanol–water partition coefficient (Wildman–Crippen LogP) is 5.87. The van der Waals surface area contributed by atoms with E-state index in [4.69, 9.17) is 16.3 Å². The van der Waals surface area contributed by atoms with E-state index in [9.17, 15) is 18.0 Å². The Balaban J connectivity index is 1.48. The second-order valence-electron chi connectivity index (χ2n) is 8.63. The molecule has 4 aromatic rings. The molecule has 0 aliphatic rings. The van der Waals surface area contributed by atoms with Crippen LogP contribution >= 0.6 is 34.7 Å². The predicted molar refractivity (Wildman–Crippen MR) is 158 cm³/mol. The lowest BCUT2D eigenvalue weighted by molar-refractivity contribution is -0.113. The Labute approximate surface area is 245 Å². The van der Waals surface area contributed by atoms with Crippen LogP contribution in [0, 0.1) is 6.92 Å². The number of carbonyl (C=O) groups excluding carboxylic acids is 2. The fourth-order valence-electron chi connectivity index (χ4n) is 3.84. The highest BCUT2D eigenvalue weighted by molar-refractivity contribution is 7.99. The molecule has 0 bridgehead atoms. The number of nitrogens with zero attached hydrogens (tertiary/aromatic N) is 3. The largest absolute Gasteiger partial charge is 0.462 e. The average Bonchev–Trinajstić information content (AvgIpc) is 3.51. The number of aromatic nitrogens is 3. The molecule has 0 radical (unpaired) electrons. The highest BCUT2D eigenvalue weighted by Gasteiger charge is 2.24. The van der Waals surface area contributed by atoms with Crippen molar-refractivity contribution in [3.8, 4) is 11.1 Å². The van der Waals surface area contributed by atoms with Crippen LogP contribution in [0.15, 0.2) is 64.0 Å². The van der Waals surface area contributed by atoms with Crippen LogP contribution in [-0.4, -0.2) is 47.4 Å². The van der Waals surface area contributed by atoms with E-state index in [1.54, 1.807) is 65.4 Å². The van der Waals surface area contributed by atoms with Crippen LogP contribution in [0.1, 0.15) is 35.6 Å². The molecule has 0 aliphatic carbocycles. The van der Waals surface area contributed by atoms with Gasteiger partial charge in [0.15, 0.2) is 15.0 Å². The van der Waals surface area contributed by atoms with Gasteiger partial charge in [-0.15, -0.1) is 21.5 Å². The van der Waals surface area contributed by atoms with Crippen molar-refractivity contribution < 1.29 is 22.7 Å². The summed E-state index contributed by atoms with van der Waals surface area (Å²) in [6.45, 7) is 6.07. The van der Waals surface area contributed by atoms with Gasteiger partial charge < -0.3 is 14.6 Å². The number of nitrogens with one attached hydrogen (secondary N) is 1. The average molecular weight is 619 g/mol. The fourth-order valence-corrected chi connectivity index (χ4v) is 7.03. The molecule has 40 heavy (non-hydrogen) atoms. The summed E-state index contributed by atoms with van der Waals surface area (Å²) < 4.78 is 32.8. The van der Waals surface area contributed by atoms with E-state index in [1.807, 2.05) is 13.8 Å². The number of hydrogen-bond acceptors (Lipinski definition) is 9. The standard InChI is InChI=1S/C27H27ClN4O5S3/c1-4-32-22(16-40(35,36)20-12-6-17(3)7-13-20)30-31-27(32)39-15-23(33)29-25-24(26(34)37-5-2)21(14-38-25)18-8-10-19(28)11-9-18/h6-14H,4-5,15-16H2,1-3H3,(H,29,33). The molecular weight excluding hydrogens is 592 g/mol. The topological polar surface area (TPSA) is 120 Å². The Morgan fingerprint density at radius 2 is 1.77 bits per heavy atom. The second-order valence-corrected chi connectivity index (χ2v) is 12.9. The van der Waals surface area contributed by atoms with E-state index in [0.717, 1.165) is 22.9 Å². The number of halogens is 1. The molecule has 0 saturated heterocycles. The molecule has 4 rings (SSSR count). The number of aryl methyl sites for hydroxylation is 1. The minimum Gasteiger partial charge on any atom is -0.462 e. The number of ether oxygens (including phenoxy) is 1. The second kappa shape index (κ2) is 13.0. The van der Waals surface area contributed by atoms with Gasteiger partial charge in [0.2, 0.25) is 5.91 Å². The number of esters is 1. The van der Waals surface area contributed by atoms with E-state index in [2.05, 4.69) is 15.5 Å². The van der Waals surface area contributed by atoms with Crippen molar-refractivity contribution in [3.63, 3.8) is 0 Å². The zero-order valence-corrected chi connectivity index (χ0v) is 25.2. The van der Waals surface area contributed by atoms with Crippen molar-refractivity contribution in [2.24, 2.45) is 0 Å². The normalized spacial score (nSPS) is 11.4. The van der Waals surface area contributed by atoms with Gasteiger partial charge in [0.05, 0.1) is 17.3 Å². The smallest absolute Gasteiger partial charge is 0.341 e. The van der Waals surface area contributed by atoms with Crippen molar-refractivity contribution in [2.75, 3.05) is 17.7 Å². The molecule has 1 amide bonds. The Morgan fingerprint density at radius 1 is 1.07 bits per heavy atom. The van der Waals surface area contributed by atoms with Crippen molar-refractivity contribution in [1.82, 2.24) is 14.8 Å². The van der Waals surface area contributed by atoms with Crippen LogP contribution in [0.5, 0.6) is 0 Å². The van der Waals surface area contributed by atoms with Gasteiger partial charge in [0.25, 0.3) is 0 Å². The Kier molecular flexibility index (Phi) is 9.67. The molecule has 0 saturated carbocycles. The lowest BCUT2D eigenvalue weighted by Gasteiger charge is -2.10. The molecule has 2 aromatic carbocycles. The summed E-state index contributed by atoms with van der Waals surface area (Å²) in [5.74, 6) is -0.947. The molecule has 0 aliphatic heterocycles. The zero-order valence-electron chi connectivity index (χ0n) is 22.0. The van der Waals surface area contributed by atoms with Crippen LogP contribution in [0.3, 0.4) is 0 Å². The number of hydrogen-bond donors (Lipinski definition) is 1. The summed E-state index contributed by atoms with van der Waals surface area (Å²) in [7, 11) is -3.62. The molecule has 0 unspecified atom stereocenters. The lowest BCUT2D eigenvalue weighted by Crippen LogP contribution is -2.17. The first kappa shape index (κ1) is 29.8. The molecule has 0 fully saturated rings. The third kappa shape index (κ3) is 6.92. The van der Waals surface area contributed by atoms with E-state index in [0.29, 0.717) is 33.1 Å². The van der Waals surface area contributed by atoms with Gasteiger partial charge in [-0.2, -0.15) is 0 Å². The number of sulfone groups is 1. The van der Waals surface area contributed by atoms with Gasteiger partial charge >= 0.3 is 5.97 Å². The van der Waals surface area contributed by atoms with Crippen LogP contribution in [-0.2, 0) is 31.7 Å². The Morgan fingerprint density at radius 3 is 2.42 bits per heavy atom. The SMILES string of the molecule is CCOC(=O)c1c(-c2ccc(Cl)cc2)csc1NC(=O)CSc1nnc(CS(=O)(=O)c2ccc(C)cc2)n1CC.